The first kappa shape index (κ1) is 15.4. The SMILES string of the molecule is CN(CCN1CCCC1)C(=O)CCNC(C)(C)C. The maximum absolute atomic E-state index is 11.9. The summed E-state index contributed by atoms with van der Waals surface area (Å²) in [5, 5.41) is 3.35. The molecule has 0 aliphatic carbocycles. The number of nitrogens with zero attached hydrogens (tertiary/aromatic N) is 2. The number of carbonyl (C=O) groups is 1. The molecule has 106 valence electrons. The van der Waals surface area contributed by atoms with Gasteiger partial charge in [-0.2, -0.15) is 0 Å². The Bertz CT molecular complexity index is 254. The first-order valence-corrected chi connectivity index (χ1v) is 7.10. The smallest absolute Gasteiger partial charge is 0.223 e. The summed E-state index contributed by atoms with van der Waals surface area (Å²) in [7, 11) is 1.91. The Hall–Kier alpha value is -0.610. The zero-order valence-corrected chi connectivity index (χ0v) is 12.5. The van der Waals surface area contributed by atoms with Crippen molar-refractivity contribution in [2.45, 2.75) is 45.6 Å². The van der Waals surface area contributed by atoms with Crippen molar-refractivity contribution in [1.82, 2.24) is 15.1 Å². The highest BCUT2D eigenvalue weighted by molar-refractivity contribution is 5.76. The van der Waals surface area contributed by atoms with E-state index >= 15 is 0 Å². The van der Waals surface area contributed by atoms with Crippen LogP contribution >= 0.6 is 0 Å². The highest BCUT2D eigenvalue weighted by Crippen LogP contribution is 2.06. The van der Waals surface area contributed by atoms with Crippen molar-refractivity contribution in [3.05, 3.63) is 0 Å². The summed E-state index contributed by atoms with van der Waals surface area (Å²) in [6.45, 7) is 11.4. The maximum Gasteiger partial charge on any atom is 0.223 e. The fourth-order valence-electron chi connectivity index (χ4n) is 2.16. The van der Waals surface area contributed by atoms with Crippen molar-refractivity contribution in [1.29, 1.82) is 0 Å². The summed E-state index contributed by atoms with van der Waals surface area (Å²) in [5.74, 6) is 0.242. The van der Waals surface area contributed by atoms with E-state index in [4.69, 9.17) is 0 Å². The molecule has 1 aliphatic heterocycles. The summed E-state index contributed by atoms with van der Waals surface area (Å²) in [5.41, 5.74) is 0.0917. The van der Waals surface area contributed by atoms with Gasteiger partial charge >= 0.3 is 0 Å². The van der Waals surface area contributed by atoms with Crippen LogP contribution in [0.5, 0.6) is 0 Å². The largest absolute Gasteiger partial charge is 0.344 e. The molecule has 4 heteroatoms. The number of likely N-dealkylation sites (N-methyl/N-ethyl adjacent to an activating group) is 1. The summed E-state index contributed by atoms with van der Waals surface area (Å²) >= 11 is 0. The molecule has 0 saturated carbocycles. The van der Waals surface area contributed by atoms with Gasteiger partial charge in [0.1, 0.15) is 0 Å². The molecule has 1 aliphatic rings. The average Bonchev–Trinajstić information content (AvgIpc) is 2.76. The van der Waals surface area contributed by atoms with Gasteiger partial charge in [-0.3, -0.25) is 4.79 Å². The van der Waals surface area contributed by atoms with Crippen LogP contribution in [0.15, 0.2) is 0 Å². The fourth-order valence-corrected chi connectivity index (χ4v) is 2.16. The first-order chi connectivity index (χ1) is 8.38. The van der Waals surface area contributed by atoms with Crippen molar-refractivity contribution in [3.8, 4) is 0 Å². The minimum Gasteiger partial charge on any atom is -0.344 e. The Kier molecular flexibility index (Phi) is 6.09. The molecule has 0 radical (unpaired) electrons. The summed E-state index contributed by atoms with van der Waals surface area (Å²) < 4.78 is 0. The molecule has 0 aromatic carbocycles. The highest BCUT2D eigenvalue weighted by atomic mass is 16.2. The van der Waals surface area contributed by atoms with Crippen molar-refractivity contribution in [2.75, 3.05) is 39.8 Å². The predicted molar refractivity (Wildman–Crippen MR) is 75.7 cm³/mol. The highest BCUT2D eigenvalue weighted by Gasteiger charge is 2.15. The molecule has 0 aromatic rings. The molecule has 1 N–H and O–H groups in total. The van der Waals surface area contributed by atoms with Gasteiger partial charge in [-0.15, -0.1) is 0 Å². The Morgan fingerprint density at radius 3 is 2.44 bits per heavy atom. The van der Waals surface area contributed by atoms with Crippen molar-refractivity contribution < 1.29 is 4.79 Å². The third kappa shape index (κ3) is 6.36. The van der Waals surface area contributed by atoms with Gasteiger partial charge in [-0.25, -0.2) is 0 Å². The topological polar surface area (TPSA) is 35.6 Å². The second kappa shape index (κ2) is 7.10. The van der Waals surface area contributed by atoms with Crippen LogP contribution in [0, 0.1) is 0 Å². The van der Waals surface area contributed by atoms with Crippen LogP contribution in [-0.4, -0.2) is 61.0 Å². The quantitative estimate of drug-likeness (QED) is 0.777. The molecule has 1 rings (SSSR count). The Morgan fingerprint density at radius 1 is 1.28 bits per heavy atom. The van der Waals surface area contributed by atoms with Gasteiger partial charge in [-0.05, 0) is 46.7 Å². The molecule has 0 aromatic heterocycles. The summed E-state index contributed by atoms with van der Waals surface area (Å²) in [6, 6.07) is 0. The Labute approximate surface area is 112 Å². The number of amides is 1. The van der Waals surface area contributed by atoms with E-state index in [0.29, 0.717) is 6.42 Å². The van der Waals surface area contributed by atoms with E-state index in [1.807, 2.05) is 11.9 Å². The molecule has 1 fully saturated rings. The zero-order chi connectivity index (χ0) is 13.6. The van der Waals surface area contributed by atoms with Gasteiger partial charge in [0, 0.05) is 38.6 Å². The predicted octanol–water partition coefficient (Wildman–Crippen LogP) is 1.32. The normalized spacial score (nSPS) is 17.1. The van der Waals surface area contributed by atoms with E-state index in [2.05, 4.69) is 31.0 Å². The number of likely N-dealkylation sites (tertiary alicyclic amines) is 1. The van der Waals surface area contributed by atoms with Crippen molar-refractivity contribution in [3.63, 3.8) is 0 Å². The van der Waals surface area contributed by atoms with E-state index in [1.54, 1.807) is 0 Å². The van der Waals surface area contributed by atoms with Gasteiger partial charge in [0.05, 0.1) is 0 Å². The second-order valence-corrected chi connectivity index (χ2v) is 6.29. The maximum atomic E-state index is 11.9. The lowest BCUT2D eigenvalue weighted by molar-refractivity contribution is -0.130. The van der Waals surface area contributed by atoms with Crippen molar-refractivity contribution >= 4 is 5.91 Å². The van der Waals surface area contributed by atoms with Crippen LogP contribution in [0.25, 0.3) is 0 Å². The zero-order valence-electron chi connectivity index (χ0n) is 12.5. The van der Waals surface area contributed by atoms with Crippen LogP contribution in [0.4, 0.5) is 0 Å². The van der Waals surface area contributed by atoms with E-state index in [9.17, 15) is 4.79 Å². The van der Waals surface area contributed by atoms with E-state index in [1.165, 1.54) is 25.9 Å². The van der Waals surface area contributed by atoms with Gasteiger partial charge < -0.3 is 15.1 Å². The molecule has 4 nitrogen and oxygen atoms in total. The molecule has 1 saturated heterocycles. The van der Waals surface area contributed by atoms with E-state index in [-0.39, 0.29) is 11.4 Å². The molecular weight excluding hydrogens is 226 g/mol. The van der Waals surface area contributed by atoms with E-state index < -0.39 is 0 Å². The third-order valence-corrected chi connectivity index (χ3v) is 3.37. The fraction of sp³-hybridized carbons (Fsp3) is 0.929. The van der Waals surface area contributed by atoms with Gasteiger partial charge in [0.15, 0.2) is 0 Å². The standard InChI is InChI=1S/C14H29N3O/c1-14(2,3)15-8-7-13(18)16(4)11-12-17-9-5-6-10-17/h15H,5-12H2,1-4H3. The first-order valence-electron chi connectivity index (χ1n) is 7.10. The lowest BCUT2D eigenvalue weighted by Gasteiger charge is -2.23. The summed E-state index contributed by atoms with van der Waals surface area (Å²) in [4.78, 5) is 16.2. The molecule has 0 spiro atoms. The average molecular weight is 255 g/mol. The summed E-state index contributed by atoms with van der Waals surface area (Å²) in [6.07, 6.45) is 3.22. The van der Waals surface area contributed by atoms with Crippen LogP contribution in [0.3, 0.4) is 0 Å². The minimum absolute atomic E-state index is 0.0917. The number of nitrogens with one attached hydrogen (secondary N) is 1. The van der Waals surface area contributed by atoms with Gasteiger partial charge in [0.25, 0.3) is 0 Å². The molecule has 0 unspecified atom stereocenters. The van der Waals surface area contributed by atoms with Crippen LogP contribution < -0.4 is 5.32 Å². The number of carbonyl (C=O) groups excluding carboxylic acids is 1. The van der Waals surface area contributed by atoms with Crippen LogP contribution in [0.2, 0.25) is 0 Å². The van der Waals surface area contributed by atoms with Crippen LogP contribution in [0.1, 0.15) is 40.0 Å². The van der Waals surface area contributed by atoms with Crippen molar-refractivity contribution in [2.24, 2.45) is 0 Å². The lowest BCUT2D eigenvalue weighted by atomic mass is 10.1. The van der Waals surface area contributed by atoms with E-state index in [0.717, 1.165) is 19.6 Å². The molecule has 1 heterocycles. The molecule has 0 atom stereocenters. The minimum atomic E-state index is 0.0917. The molecule has 18 heavy (non-hydrogen) atoms. The van der Waals surface area contributed by atoms with Crippen LogP contribution in [-0.2, 0) is 4.79 Å². The Morgan fingerprint density at radius 2 is 1.89 bits per heavy atom. The van der Waals surface area contributed by atoms with Gasteiger partial charge in [-0.1, -0.05) is 0 Å². The Balaban J connectivity index is 2.12. The molecule has 1 amide bonds. The third-order valence-electron chi connectivity index (χ3n) is 3.37. The number of rotatable bonds is 6. The number of hydrogen-bond donors (Lipinski definition) is 1. The number of hydrogen-bond acceptors (Lipinski definition) is 3. The molecule has 0 bridgehead atoms. The lowest BCUT2D eigenvalue weighted by Crippen LogP contribution is -2.40. The monoisotopic (exact) mass is 255 g/mol. The van der Waals surface area contributed by atoms with Gasteiger partial charge in [0.2, 0.25) is 5.91 Å². The second-order valence-electron chi connectivity index (χ2n) is 6.29. The molecular formula is C14H29N3O.